The number of nitrogens with zero attached hydrogens (tertiary/aromatic N) is 3. The minimum atomic E-state index is 0.576. The van der Waals surface area contributed by atoms with Gasteiger partial charge in [-0.2, -0.15) is 5.10 Å². The lowest BCUT2D eigenvalue weighted by atomic mass is 9.96. The molecule has 0 saturated heterocycles. The van der Waals surface area contributed by atoms with Crippen LogP contribution in [0, 0.1) is 5.92 Å². The van der Waals surface area contributed by atoms with Gasteiger partial charge in [-0.1, -0.05) is 20.8 Å². The van der Waals surface area contributed by atoms with Crippen molar-refractivity contribution >= 4 is 0 Å². The molecule has 0 saturated carbocycles. The number of aryl methyl sites for hydroxylation is 1. The highest BCUT2D eigenvalue weighted by Crippen LogP contribution is 2.12. The lowest BCUT2D eigenvalue weighted by Crippen LogP contribution is -2.35. The first-order valence-electron chi connectivity index (χ1n) is 5.75. The van der Waals surface area contributed by atoms with Crippen molar-refractivity contribution in [3.05, 3.63) is 12.2 Å². The fourth-order valence-corrected chi connectivity index (χ4v) is 1.95. The van der Waals surface area contributed by atoms with E-state index in [1.165, 1.54) is 0 Å². The summed E-state index contributed by atoms with van der Waals surface area (Å²) in [5.74, 6) is 1.66. The minimum Gasteiger partial charge on any atom is -0.314 e. The molecule has 0 aliphatic heterocycles. The van der Waals surface area contributed by atoms with Crippen molar-refractivity contribution in [2.45, 2.75) is 39.7 Å². The molecule has 2 unspecified atom stereocenters. The molecule has 4 nitrogen and oxygen atoms in total. The Morgan fingerprint density at radius 2 is 2.20 bits per heavy atom. The van der Waals surface area contributed by atoms with Crippen molar-refractivity contribution in [3.8, 4) is 0 Å². The highest BCUT2D eigenvalue weighted by molar-refractivity contribution is 4.88. The highest BCUT2D eigenvalue weighted by Gasteiger charge is 2.16. The van der Waals surface area contributed by atoms with Gasteiger partial charge in [-0.05, 0) is 18.9 Å². The van der Waals surface area contributed by atoms with E-state index in [9.17, 15) is 0 Å². The van der Waals surface area contributed by atoms with E-state index in [0.29, 0.717) is 12.0 Å². The molecule has 15 heavy (non-hydrogen) atoms. The molecule has 4 heteroatoms. The smallest absolute Gasteiger partial charge is 0.138 e. The predicted molar refractivity (Wildman–Crippen MR) is 61.6 cm³/mol. The first-order valence-corrected chi connectivity index (χ1v) is 5.75. The molecule has 1 N–H and O–H groups in total. The van der Waals surface area contributed by atoms with Crippen molar-refractivity contribution < 1.29 is 0 Å². The third kappa shape index (κ3) is 3.30. The first kappa shape index (κ1) is 12.2. The topological polar surface area (TPSA) is 42.7 Å². The van der Waals surface area contributed by atoms with E-state index in [2.05, 4.69) is 36.2 Å². The van der Waals surface area contributed by atoms with Crippen molar-refractivity contribution in [2.75, 3.05) is 6.54 Å². The summed E-state index contributed by atoms with van der Waals surface area (Å²) < 4.78 is 1.86. The van der Waals surface area contributed by atoms with E-state index in [4.69, 9.17) is 0 Å². The number of hydrogen-bond acceptors (Lipinski definition) is 3. The molecular weight excluding hydrogens is 188 g/mol. The zero-order valence-electron chi connectivity index (χ0n) is 10.2. The molecule has 0 amide bonds. The van der Waals surface area contributed by atoms with Crippen LogP contribution < -0.4 is 5.32 Å². The van der Waals surface area contributed by atoms with Gasteiger partial charge in [0.25, 0.3) is 0 Å². The van der Waals surface area contributed by atoms with E-state index in [1.807, 2.05) is 11.7 Å². The Morgan fingerprint density at radius 3 is 2.67 bits per heavy atom. The van der Waals surface area contributed by atoms with Gasteiger partial charge in [0.2, 0.25) is 0 Å². The fourth-order valence-electron chi connectivity index (χ4n) is 1.95. The van der Waals surface area contributed by atoms with Crippen LogP contribution in [0.5, 0.6) is 0 Å². The molecule has 1 rings (SSSR count). The van der Waals surface area contributed by atoms with Crippen molar-refractivity contribution in [1.29, 1.82) is 0 Å². The monoisotopic (exact) mass is 210 g/mol. The molecule has 0 fully saturated rings. The molecule has 0 spiro atoms. The van der Waals surface area contributed by atoms with Gasteiger partial charge in [-0.15, -0.1) is 0 Å². The second kappa shape index (κ2) is 5.85. The maximum absolute atomic E-state index is 4.26. The van der Waals surface area contributed by atoms with Crippen LogP contribution >= 0.6 is 0 Å². The van der Waals surface area contributed by atoms with E-state index in [-0.39, 0.29) is 0 Å². The maximum Gasteiger partial charge on any atom is 0.138 e. The van der Waals surface area contributed by atoms with Gasteiger partial charge in [-0.25, -0.2) is 4.98 Å². The molecule has 0 aliphatic rings. The average molecular weight is 210 g/mol. The molecule has 0 bridgehead atoms. The number of nitrogens with one attached hydrogen (secondary N) is 1. The average Bonchev–Trinajstić information content (AvgIpc) is 2.60. The van der Waals surface area contributed by atoms with E-state index >= 15 is 0 Å². The standard InChI is InChI=1S/C11H22N4/c1-5-10(12-6-2)9(3)7-11-13-8-14-15(11)4/h8-10,12H,5-7H2,1-4H3. The largest absolute Gasteiger partial charge is 0.314 e. The Morgan fingerprint density at radius 1 is 1.47 bits per heavy atom. The summed E-state index contributed by atoms with van der Waals surface area (Å²) in [6.45, 7) is 7.67. The highest BCUT2D eigenvalue weighted by atomic mass is 15.3. The summed E-state index contributed by atoms with van der Waals surface area (Å²) in [7, 11) is 1.95. The van der Waals surface area contributed by atoms with Gasteiger partial charge < -0.3 is 5.32 Å². The minimum absolute atomic E-state index is 0.576. The molecular formula is C11H22N4. The summed E-state index contributed by atoms with van der Waals surface area (Å²) in [6, 6.07) is 0.576. The van der Waals surface area contributed by atoms with Gasteiger partial charge in [0, 0.05) is 19.5 Å². The summed E-state index contributed by atoms with van der Waals surface area (Å²) in [5.41, 5.74) is 0. The number of rotatable bonds is 6. The predicted octanol–water partition coefficient (Wildman–Crippen LogP) is 1.38. The summed E-state index contributed by atoms with van der Waals surface area (Å²) >= 11 is 0. The molecule has 86 valence electrons. The third-order valence-electron chi connectivity index (χ3n) is 2.90. The quantitative estimate of drug-likeness (QED) is 0.771. The second-order valence-corrected chi connectivity index (χ2v) is 4.05. The molecule has 1 aromatic heterocycles. The van der Waals surface area contributed by atoms with Gasteiger partial charge in [0.05, 0.1) is 0 Å². The van der Waals surface area contributed by atoms with Crippen LogP contribution in [-0.4, -0.2) is 27.4 Å². The van der Waals surface area contributed by atoms with Crippen LogP contribution in [0.25, 0.3) is 0 Å². The van der Waals surface area contributed by atoms with Crippen molar-refractivity contribution in [1.82, 2.24) is 20.1 Å². The normalized spacial score (nSPS) is 15.2. The number of aromatic nitrogens is 3. The molecule has 1 heterocycles. The number of hydrogen-bond donors (Lipinski definition) is 1. The lowest BCUT2D eigenvalue weighted by Gasteiger charge is -2.22. The second-order valence-electron chi connectivity index (χ2n) is 4.05. The molecule has 0 radical (unpaired) electrons. The van der Waals surface area contributed by atoms with Gasteiger partial charge >= 0.3 is 0 Å². The molecule has 0 aliphatic carbocycles. The van der Waals surface area contributed by atoms with Crippen molar-refractivity contribution in [3.63, 3.8) is 0 Å². The maximum atomic E-state index is 4.26. The Kier molecular flexibility index (Phi) is 4.75. The Bertz CT molecular complexity index is 282. The lowest BCUT2D eigenvalue weighted by molar-refractivity contribution is 0.362. The Balaban J connectivity index is 2.53. The van der Waals surface area contributed by atoms with Crippen LogP contribution in [0.15, 0.2) is 6.33 Å². The summed E-state index contributed by atoms with van der Waals surface area (Å²) in [5, 5.41) is 7.59. The molecule has 1 aromatic rings. The SMILES string of the molecule is CCNC(CC)C(C)Cc1ncnn1C. The third-order valence-corrected chi connectivity index (χ3v) is 2.90. The van der Waals surface area contributed by atoms with E-state index in [1.54, 1.807) is 6.33 Å². The summed E-state index contributed by atoms with van der Waals surface area (Å²) in [6.07, 6.45) is 3.77. The Hall–Kier alpha value is -0.900. The van der Waals surface area contributed by atoms with Crippen LogP contribution in [0.1, 0.15) is 33.0 Å². The summed E-state index contributed by atoms with van der Waals surface area (Å²) in [4.78, 5) is 4.26. The molecule has 2 atom stereocenters. The van der Waals surface area contributed by atoms with Gasteiger partial charge in [0.1, 0.15) is 12.2 Å². The van der Waals surface area contributed by atoms with Crippen LogP contribution in [0.2, 0.25) is 0 Å². The van der Waals surface area contributed by atoms with E-state index < -0.39 is 0 Å². The zero-order valence-corrected chi connectivity index (χ0v) is 10.2. The fraction of sp³-hybridized carbons (Fsp3) is 0.818. The van der Waals surface area contributed by atoms with Crippen molar-refractivity contribution in [2.24, 2.45) is 13.0 Å². The van der Waals surface area contributed by atoms with Gasteiger partial charge in [0.15, 0.2) is 0 Å². The van der Waals surface area contributed by atoms with Crippen LogP contribution in [-0.2, 0) is 13.5 Å². The van der Waals surface area contributed by atoms with Gasteiger partial charge in [-0.3, -0.25) is 4.68 Å². The molecule has 0 aromatic carbocycles. The first-order chi connectivity index (χ1) is 7.19. The Labute approximate surface area is 92.1 Å². The van der Waals surface area contributed by atoms with E-state index in [0.717, 1.165) is 25.2 Å². The van der Waals surface area contributed by atoms with Crippen LogP contribution in [0.3, 0.4) is 0 Å². The van der Waals surface area contributed by atoms with Crippen LogP contribution in [0.4, 0.5) is 0 Å². The zero-order chi connectivity index (χ0) is 11.3.